The van der Waals surface area contributed by atoms with Crippen molar-refractivity contribution in [2.75, 3.05) is 22.1 Å². The van der Waals surface area contributed by atoms with Gasteiger partial charge in [-0.15, -0.1) is 0 Å². The van der Waals surface area contributed by atoms with Crippen LogP contribution in [0.1, 0.15) is 40.5 Å². The average Bonchev–Trinajstić information content (AvgIpc) is 2.72. The first kappa shape index (κ1) is 27.4. The summed E-state index contributed by atoms with van der Waals surface area (Å²) in [5.41, 5.74) is 0. The zero-order valence-corrected chi connectivity index (χ0v) is 21.2. The Kier molecular flexibility index (Phi) is 9.28. The summed E-state index contributed by atoms with van der Waals surface area (Å²) in [5.74, 6) is -1.34. The van der Waals surface area contributed by atoms with Crippen LogP contribution in [-0.2, 0) is 29.3 Å². The molecule has 12 heteroatoms. The molecular weight excluding hydrogens is 480 g/mol. The van der Waals surface area contributed by atoms with Crippen molar-refractivity contribution in [3.05, 3.63) is 36.5 Å². The summed E-state index contributed by atoms with van der Waals surface area (Å²) in [4.78, 5) is 31.5. The van der Waals surface area contributed by atoms with Gasteiger partial charge in [0.15, 0.2) is 24.7 Å². The third-order valence-electron chi connectivity index (χ3n) is 4.48. The zero-order valence-electron chi connectivity index (χ0n) is 19.6. The standard InChI is InChI=1S/C22H30N4O6S2/c1-15(2)12-20(27)24-18-9-8-17(14-23-18)33(29,30)10-11-34(31,32)22-7-5-6-19(26-22)25-21(28)13-16(3)4/h5-9,14-16H,10-13H2,1-4H3,(H,23,24,27)(H,25,26,28). The second-order valence-electron chi connectivity index (χ2n) is 8.67. The van der Waals surface area contributed by atoms with Crippen LogP contribution in [0, 0.1) is 11.8 Å². The van der Waals surface area contributed by atoms with Crippen molar-refractivity contribution in [2.24, 2.45) is 11.8 Å². The Hall–Kier alpha value is -2.86. The minimum absolute atomic E-state index is 0.0777. The molecule has 2 N–H and O–H groups in total. The van der Waals surface area contributed by atoms with Gasteiger partial charge in [0.2, 0.25) is 11.8 Å². The molecule has 2 amide bonds. The van der Waals surface area contributed by atoms with E-state index >= 15 is 0 Å². The van der Waals surface area contributed by atoms with Gasteiger partial charge in [-0.2, -0.15) is 0 Å². The second kappa shape index (κ2) is 11.5. The molecule has 0 bridgehead atoms. The molecule has 2 rings (SSSR count). The maximum absolute atomic E-state index is 12.7. The van der Waals surface area contributed by atoms with Crippen molar-refractivity contribution < 1.29 is 26.4 Å². The van der Waals surface area contributed by atoms with Gasteiger partial charge in [-0.05, 0) is 36.1 Å². The number of rotatable bonds is 11. The average molecular weight is 511 g/mol. The molecule has 0 aliphatic heterocycles. The summed E-state index contributed by atoms with van der Waals surface area (Å²) in [7, 11) is -8.00. The number of carbonyl (C=O) groups excluding carboxylic acids is 2. The van der Waals surface area contributed by atoms with Crippen molar-refractivity contribution in [2.45, 2.75) is 50.5 Å². The molecule has 0 unspecified atom stereocenters. The van der Waals surface area contributed by atoms with E-state index in [9.17, 15) is 26.4 Å². The largest absolute Gasteiger partial charge is 0.311 e. The maximum Gasteiger partial charge on any atom is 0.225 e. The minimum Gasteiger partial charge on any atom is -0.311 e. The van der Waals surface area contributed by atoms with E-state index < -0.39 is 31.2 Å². The van der Waals surface area contributed by atoms with Gasteiger partial charge in [-0.3, -0.25) is 9.59 Å². The van der Waals surface area contributed by atoms with Crippen LogP contribution < -0.4 is 10.6 Å². The van der Waals surface area contributed by atoms with E-state index in [1.807, 2.05) is 27.7 Å². The molecular formula is C22H30N4O6S2. The summed E-state index contributed by atoms with van der Waals surface area (Å²) in [6, 6.07) is 6.75. The summed E-state index contributed by atoms with van der Waals surface area (Å²) in [6.45, 7) is 7.54. The van der Waals surface area contributed by atoms with Gasteiger partial charge in [0.1, 0.15) is 11.6 Å². The third-order valence-corrected chi connectivity index (χ3v) is 8.05. The van der Waals surface area contributed by atoms with Crippen LogP contribution in [0.4, 0.5) is 11.6 Å². The number of hydrogen-bond donors (Lipinski definition) is 2. The molecule has 0 aromatic carbocycles. The van der Waals surface area contributed by atoms with E-state index in [2.05, 4.69) is 20.6 Å². The Morgan fingerprint density at radius 3 is 1.88 bits per heavy atom. The molecule has 0 saturated carbocycles. The highest BCUT2D eigenvalue weighted by molar-refractivity contribution is 7.95. The van der Waals surface area contributed by atoms with Crippen molar-refractivity contribution in [3.8, 4) is 0 Å². The smallest absolute Gasteiger partial charge is 0.225 e. The molecule has 0 fully saturated rings. The number of sulfone groups is 2. The highest BCUT2D eigenvalue weighted by Gasteiger charge is 2.23. The minimum atomic E-state index is -4.04. The molecule has 10 nitrogen and oxygen atoms in total. The van der Waals surface area contributed by atoms with Crippen LogP contribution in [0.15, 0.2) is 46.5 Å². The summed E-state index contributed by atoms with van der Waals surface area (Å²) in [5, 5.41) is 4.79. The lowest BCUT2D eigenvalue weighted by Crippen LogP contribution is -2.20. The highest BCUT2D eigenvalue weighted by atomic mass is 32.2. The molecule has 2 aromatic heterocycles. The van der Waals surface area contributed by atoms with Gasteiger partial charge in [0, 0.05) is 19.0 Å². The predicted molar refractivity (Wildman–Crippen MR) is 129 cm³/mol. The fourth-order valence-electron chi connectivity index (χ4n) is 2.87. The number of pyridine rings is 2. The van der Waals surface area contributed by atoms with Gasteiger partial charge in [0.05, 0.1) is 16.4 Å². The SMILES string of the molecule is CC(C)CC(=O)Nc1ccc(S(=O)(=O)CCS(=O)(=O)c2cccc(NC(=O)CC(C)C)n2)cn1. The van der Waals surface area contributed by atoms with Crippen LogP contribution in [0.5, 0.6) is 0 Å². The van der Waals surface area contributed by atoms with Crippen LogP contribution in [0.3, 0.4) is 0 Å². The van der Waals surface area contributed by atoms with Crippen molar-refractivity contribution in [1.82, 2.24) is 9.97 Å². The summed E-state index contributed by atoms with van der Waals surface area (Å²) < 4.78 is 50.6. The van der Waals surface area contributed by atoms with Crippen LogP contribution in [-0.4, -0.2) is 50.1 Å². The first-order valence-corrected chi connectivity index (χ1v) is 14.1. The van der Waals surface area contributed by atoms with E-state index in [4.69, 9.17) is 0 Å². The topological polar surface area (TPSA) is 152 Å². The Bertz CT molecular complexity index is 1220. The Balaban J connectivity index is 2.06. The lowest BCUT2D eigenvalue weighted by Gasteiger charge is -2.09. The normalized spacial score (nSPS) is 12.1. The second-order valence-corrected chi connectivity index (χ2v) is 12.8. The van der Waals surface area contributed by atoms with Gasteiger partial charge < -0.3 is 10.6 Å². The van der Waals surface area contributed by atoms with Crippen LogP contribution in [0.2, 0.25) is 0 Å². The Morgan fingerprint density at radius 2 is 1.35 bits per heavy atom. The lowest BCUT2D eigenvalue weighted by molar-refractivity contribution is -0.117. The summed E-state index contributed by atoms with van der Waals surface area (Å²) in [6.07, 6.45) is 1.64. The molecule has 0 spiro atoms. The fraction of sp³-hybridized carbons (Fsp3) is 0.455. The number of nitrogens with one attached hydrogen (secondary N) is 2. The molecule has 0 aliphatic carbocycles. The molecule has 0 atom stereocenters. The van der Waals surface area contributed by atoms with Crippen LogP contribution in [0.25, 0.3) is 0 Å². The first-order valence-electron chi connectivity index (χ1n) is 10.8. The number of amides is 2. The van der Waals surface area contributed by atoms with E-state index in [0.29, 0.717) is 6.42 Å². The first-order chi connectivity index (χ1) is 15.8. The van der Waals surface area contributed by atoms with Gasteiger partial charge >= 0.3 is 0 Å². The van der Waals surface area contributed by atoms with Crippen molar-refractivity contribution >= 4 is 43.1 Å². The fourth-order valence-corrected chi connectivity index (χ4v) is 6.08. The van der Waals surface area contributed by atoms with E-state index in [1.165, 1.54) is 30.3 Å². The van der Waals surface area contributed by atoms with Crippen LogP contribution >= 0.6 is 0 Å². The van der Waals surface area contributed by atoms with E-state index in [1.54, 1.807) is 0 Å². The molecule has 34 heavy (non-hydrogen) atoms. The number of anilines is 2. The molecule has 186 valence electrons. The predicted octanol–water partition coefficient (Wildman–Crippen LogP) is 2.69. The molecule has 2 heterocycles. The Labute approximate surface area is 200 Å². The number of nitrogens with zero attached hydrogens (tertiary/aromatic N) is 2. The maximum atomic E-state index is 12.7. The van der Waals surface area contributed by atoms with E-state index in [0.717, 1.165) is 6.20 Å². The molecule has 0 saturated heterocycles. The molecule has 0 aliphatic rings. The highest BCUT2D eigenvalue weighted by Crippen LogP contribution is 2.17. The van der Waals surface area contributed by atoms with Crippen molar-refractivity contribution in [1.29, 1.82) is 0 Å². The molecule has 2 aromatic rings. The quantitative estimate of drug-likeness (QED) is 0.468. The van der Waals surface area contributed by atoms with E-state index in [-0.39, 0.29) is 51.6 Å². The third kappa shape index (κ3) is 8.49. The van der Waals surface area contributed by atoms with Gasteiger partial charge in [-0.25, -0.2) is 26.8 Å². The number of hydrogen-bond acceptors (Lipinski definition) is 8. The zero-order chi connectivity index (χ0) is 25.5. The lowest BCUT2D eigenvalue weighted by atomic mass is 10.1. The van der Waals surface area contributed by atoms with Gasteiger partial charge in [-0.1, -0.05) is 33.8 Å². The summed E-state index contributed by atoms with van der Waals surface area (Å²) >= 11 is 0. The van der Waals surface area contributed by atoms with Crippen molar-refractivity contribution in [3.63, 3.8) is 0 Å². The number of aromatic nitrogens is 2. The van der Waals surface area contributed by atoms with Gasteiger partial charge in [0.25, 0.3) is 0 Å². The monoisotopic (exact) mass is 510 g/mol. The Morgan fingerprint density at radius 1 is 0.794 bits per heavy atom. The number of carbonyl (C=O) groups is 2. The molecule has 0 radical (unpaired) electrons.